The van der Waals surface area contributed by atoms with Crippen LogP contribution in [-0.2, 0) is 15.8 Å². The highest BCUT2D eigenvalue weighted by atomic mass is 32.2. The van der Waals surface area contributed by atoms with Crippen molar-refractivity contribution in [3.8, 4) is 0 Å². The minimum Gasteiger partial charge on any atom is -0.364 e. The number of hydrogen-bond acceptors (Lipinski definition) is 5. The van der Waals surface area contributed by atoms with E-state index in [0.29, 0.717) is 31.9 Å². The molecule has 9 heteroatoms. The molecule has 1 N–H and O–H groups in total. The van der Waals surface area contributed by atoms with Gasteiger partial charge in [0.15, 0.2) is 5.96 Å². The second-order valence-electron chi connectivity index (χ2n) is 6.61. The molecular weight excluding hydrogens is 354 g/mol. The third-order valence-electron chi connectivity index (χ3n) is 4.83. The predicted molar refractivity (Wildman–Crippen MR) is 100 cm³/mol. The molecule has 144 valence electrons. The third kappa shape index (κ3) is 4.85. The van der Waals surface area contributed by atoms with Gasteiger partial charge in [-0.15, -0.1) is 0 Å². The molecule has 0 atom stereocenters. The Balaban J connectivity index is 1.47. The molecule has 0 amide bonds. The van der Waals surface area contributed by atoms with Gasteiger partial charge in [0.1, 0.15) is 12.0 Å². The Bertz CT molecular complexity index is 734. The number of rotatable bonds is 6. The van der Waals surface area contributed by atoms with Crippen LogP contribution in [-0.4, -0.2) is 68.5 Å². The van der Waals surface area contributed by atoms with Crippen molar-refractivity contribution in [1.82, 2.24) is 19.7 Å². The zero-order valence-electron chi connectivity index (χ0n) is 15.2. The topological polar surface area (TPSA) is 91.0 Å². The number of nitrogens with zero attached hydrogens (tertiary/aromatic N) is 4. The average molecular weight is 382 g/mol. The highest BCUT2D eigenvalue weighted by Crippen LogP contribution is 2.19. The number of allylic oxidation sites excluding steroid dienone is 1. The molecule has 1 aliphatic carbocycles. The Kier molecular flexibility index (Phi) is 6.31. The van der Waals surface area contributed by atoms with Gasteiger partial charge in [-0.1, -0.05) is 16.8 Å². The fraction of sp³-hybridized carbons (Fsp3) is 0.647. The first kappa shape index (κ1) is 18.9. The van der Waals surface area contributed by atoms with Crippen LogP contribution in [0.4, 0.5) is 0 Å². The van der Waals surface area contributed by atoms with Gasteiger partial charge >= 0.3 is 0 Å². The molecule has 1 aromatic rings. The quantitative estimate of drug-likeness (QED) is 0.452. The van der Waals surface area contributed by atoms with Crippen molar-refractivity contribution < 1.29 is 12.9 Å². The summed E-state index contributed by atoms with van der Waals surface area (Å²) in [5, 5.41) is 7.09. The number of guanidine groups is 1. The second-order valence-corrected chi connectivity index (χ2v) is 8.58. The molecule has 1 fully saturated rings. The van der Waals surface area contributed by atoms with Crippen molar-refractivity contribution in [2.75, 3.05) is 39.8 Å². The lowest BCUT2D eigenvalue weighted by Crippen LogP contribution is -2.54. The normalized spacial score (nSPS) is 19.7. The highest BCUT2D eigenvalue weighted by Gasteiger charge is 2.28. The van der Waals surface area contributed by atoms with Gasteiger partial charge < -0.3 is 14.7 Å². The van der Waals surface area contributed by atoms with Crippen molar-refractivity contribution in [3.63, 3.8) is 0 Å². The van der Waals surface area contributed by atoms with Crippen LogP contribution in [0.5, 0.6) is 0 Å². The molecule has 1 aromatic heterocycles. The minimum atomic E-state index is -3.37. The largest absolute Gasteiger partial charge is 0.364 e. The van der Waals surface area contributed by atoms with Gasteiger partial charge in [-0.2, -0.15) is 4.31 Å². The van der Waals surface area contributed by atoms with Crippen LogP contribution in [0.15, 0.2) is 33.5 Å². The van der Waals surface area contributed by atoms with Crippen LogP contribution >= 0.6 is 0 Å². The number of aliphatic imine (C=N–C) groups is 1. The molecule has 1 aliphatic heterocycles. The summed E-state index contributed by atoms with van der Waals surface area (Å²) in [4.78, 5) is 6.46. The smallest absolute Gasteiger partial charge is 0.220 e. The maximum Gasteiger partial charge on any atom is 0.220 e. The maximum atomic E-state index is 12.5. The molecule has 0 radical (unpaired) electrons. The molecule has 2 heterocycles. The van der Waals surface area contributed by atoms with Gasteiger partial charge in [0.25, 0.3) is 0 Å². The zero-order valence-corrected chi connectivity index (χ0v) is 16.0. The molecule has 8 nitrogen and oxygen atoms in total. The first-order valence-electron chi connectivity index (χ1n) is 9.09. The van der Waals surface area contributed by atoms with E-state index in [1.165, 1.54) is 35.4 Å². The molecule has 0 aromatic carbocycles. The zero-order chi connectivity index (χ0) is 18.4. The Morgan fingerprint density at radius 1 is 1.35 bits per heavy atom. The molecule has 0 bridgehead atoms. The van der Waals surface area contributed by atoms with Crippen LogP contribution in [0, 0.1) is 0 Å². The Morgan fingerprint density at radius 3 is 2.77 bits per heavy atom. The van der Waals surface area contributed by atoms with Crippen molar-refractivity contribution >= 4 is 16.0 Å². The second kappa shape index (κ2) is 8.68. The van der Waals surface area contributed by atoms with Gasteiger partial charge in [-0.3, -0.25) is 4.99 Å². The van der Waals surface area contributed by atoms with E-state index in [1.807, 2.05) is 0 Å². The number of nitrogens with one attached hydrogen (secondary N) is 1. The molecule has 0 saturated carbocycles. The van der Waals surface area contributed by atoms with E-state index in [1.54, 1.807) is 13.1 Å². The van der Waals surface area contributed by atoms with E-state index in [0.717, 1.165) is 18.9 Å². The van der Waals surface area contributed by atoms with E-state index < -0.39 is 10.0 Å². The summed E-state index contributed by atoms with van der Waals surface area (Å²) in [5.41, 5.74) is 1.96. The molecule has 2 aliphatic rings. The van der Waals surface area contributed by atoms with E-state index in [2.05, 4.69) is 26.4 Å². The van der Waals surface area contributed by atoms with E-state index >= 15 is 0 Å². The molecule has 0 spiro atoms. The Hall–Kier alpha value is -1.87. The van der Waals surface area contributed by atoms with Crippen molar-refractivity contribution in [2.45, 2.75) is 31.4 Å². The number of piperazine rings is 1. The standard InChI is InChI=1S/C17H27N5O3S/c1-18-17(19-8-6-15-4-2-3-5-15)21-9-11-22(12-10-21)26(23,24)14-16-7-13-25-20-16/h4,7,13H,2-3,5-6,8-12,14H2,1H3,(H,18,19). The maximum absolute atomic E-state index is 12.5. The van der Waals surface area contributed by atoms with Crippen molar-refractivity contribution in [3.05, 3.63) is 29.7 Å². The number of aromatic nitrogens is 1. The average Bonchev–Trinajstić information content (AvgIpc) is 3.33. The summed E-state index contributed by atoms with van der Waals surface area (Å²) in [6.07, 6.45) is 8.46. The molecule has 0 unspecified atom stereocenters. The summed E-state index contributed by atoms with van der Waals surface area (Å²) >= 11 is 0. The van der Waals surface area contributed by atoms with Crippen LogP contribution in [0.3, 0.4) is 0 Å². The van der Waals surface area contributed by atoms with Crippen LogP contribution in [0.25, 0.3) is 0 Å². The lowest BCUT2D eigenvalue weighted by molar-refractivity contribution is 0.260. The van der Waals surface area contributed by atoms with E-state index in [4.69, 9.17) is 4.52 Å². The fourth-order valence-corrected chi connectivity index (χ4v) is 4.82. The van der Waals surface area contributed by atoms with Crippen LogP contribution < -0.4 is 5.32 Å². The molecule has 1 saturated heterocycles. The first-order valence-corrected chi connectivity index (χ1v) is 10.7. The monoisotopic (exact) mass is 381 g/mol. The predicted octanol–water partition coefficient (Wildman–Crippen LogP) is 1.20. The highest BCUT2D eigenvalue weighted by molar-refractivity contribution is 7.88. The van der Waals surface area contributed by atoms with Crippen LogP contribution in [0.1, 0.15) is 31.4 Å². The van der Waals surface area contributed by atoms with Gasteiger partial charge in [-0.05, 0) is 25.7 Å². The Morgan fingerprint density at radius 2 is 2.15 bits per heavy atom. The van der Waals surface area contributed by atoms with Crippen LogP contribution in [0.2, 0.25) is 0 Å². The summed E-state index contributed by atoms with van der Waals surface area (Å²) < 4.78 is 31.2. The summed E-state index contributed by atoms with van der Waals surface area (Å²) in [5.74, 6) is 0.725. The lowest BCUT2D eigenvalue weighted by Gasteiger charge is -2.35. The summed E-state index contributed by atoms with van der Waals surface area (Å²) in [6.45, 7) is 3.02. The molecule has 3 rings (SSSR count). The number of hydrogen-bond donors (Lipinski definition) is 1. The lowest BCUT2D eigenvalue weighted by atomic mass is 10.2. The van der Waals surface area contributed by atoms with Gasteiger partial charge in [0, 0.05) is 45.8 Å². The van der Waals surface area contributed by atoms with Gasteiger partial charge in [-0.25, -0.2) is 8.42 Å². The van der Waals surface area contributed by atoms with Crippen molar-refractivity contribution in [2.24, 2.45) is 4.99 Å². The first-order chi connectivity index (χ1) is 12.6. The summed E-state index contributed by atoms with van der Waals surface area (Å²) in [7, 11) is -1.61. The molecular formula is C17H27N5O3S. The summed E-state index contributed by atoms with van der Waals surface area (Å²) in [6, 6.07) is 1.58. The minimum absolute atomic E-state index is 0.119. The third-order valence-corrected chi connectivity index (χ3v) is 6.64. The Labute approximate surface area is 155 Å². The fourth-order valence-electron chi connectivity index (χ4n) is 3.40. The van der Waals surface area contributed by atoms with E-state index in [-0.39, 0.29) is 5.75 Å². The SMILES string of the molecule is CN=C(NCCC1=CCCC1)N1CCN(S(=O)(=O)Cc2ccon2)CC1. The number of sulfonamides is 1. The van der Waals surface area contributed by atoms with E-state index in [9.17, 15) is 8.42 Å². The molecule has 26 heavy (non-hydrogen) atoms. The van der Waals surface area contributed by atoms with Crippen molar-refractivity contribution in [1.29, 1.82) is 0 Å². The van der Waals surface area contributed by atoms with Gasteiger partial charge in [0.2, 0.25) is 10.0 Å². The van der Waals surface area contributed by atoms with Gasteiger partial charge in [0.05, 0.1) is 5.69 Å².